The number of fused-ring (bicyclic) bond motifs is 1. The molecule has 200 valence electrons. The summed E-state index contributed by atoms with van der Waals surface area (Å²) in [4.78, 5) is 25.7. The van der Waals surface area contributed by atoms with E-state index >= 15 is 0 Å². The van der Waals surface area contributed by atoms with E-state index in [0.29, 0.717) is 22.4 Å². The van der Waals surface area contributed by atoms with Gasteiger partial charge in [0, 0.05) is 59.9 Å². The third kappa shape index (κ3) is 5.40. The van der Waals surface area contributed by atoms with Crippen LogP contribution in [-0.2, 0) is 0 Å². The first-order valence-corrected chi connectivity index (χ1v) is 13.9. The number of benzene rings is 3. The predicted molar refractivity (Wildman–Crippen MR) is 158 cm³/mol. The van der Waals surface area contributed by atoms with Crippen molar-refractivity contribution in [1.82, 2.24) is 15.2 Å². The second-order valence-corrected chi connectivity index (χ2v) is 10.7. The number of piperazine rings is 1. The van der Waals surface area contributed by atoms with Gasteiger partial charge >= 0.3 is 0 Å². The van der Waals surface area contributed by atoms with E-state index in [1.165, 1.54) is 5.69 Å². The zero-order valence-electron chi connectivity index (χ0n) is 22.4. The summed E-state index contributed by atoms with van der Waals surface area (Å²) in [6.45, 7) is 4.14. The highest BCUT2D eigenvalue weighted by atomic mass is 16.3. The summed E-state index contributed by atoms with van der Waals surface area (Å²) in [5, 5.41) is 15.1. The smallest absolute Gasteiger partial charge is 0.251 e. The van der Waals surface area contributed by atoms with E-state index in [1.54, 1.807) is 0 Å². The lowest BCUT2D eigenvalue weighted by atomic mass is 10.00. The molecule has 1 saturated heterocycles. The molecule has 2 heterocycles. The van der Waals surface area contributed by atoms with Gasteiger partial charge in [0.1, 0.15) is 0 Å². The van der Waals surface area contributed by atoms with Gasteiger partial charge in [-0.25, -0.2) is 4.99 Å². The molecule has 1 saturated carbocycles. The number of H-pyrrole nitrogens is 1. The normalized spacial score (nSPS) is 17.2. The first kappa shape index (κ1) is 25.2. The van der Waals surface area contributed by atoms with Crippen LogP contribution in [0, 0.1) is 0 Å². The minimum Gasteiger partial charge on any atom is -0.494 e. The third-order valence-electron chi connectivity index (χ3n) is 7.97. The molecule has 7 heteroatoms. The Labute approximate surface area is 229 Å². The highest BCUT2D eigenvalue weighted by Gasteiger charge is 2.22. The highest BCUT2D eigenvalue weighted by molar-refractivity contribution is 6.22. The first-order chi connectivity index (χ1) is 19.0. The van der Waals surface area contributed by atoms with Crippen molar-refractivity contribution in [3.05, 3.63) is 89.5 Å². The van der Waals surface area contributed by atoms with Crippen LogP contribution in [0.1, 0.15) is 47.2 Å². The van der Waals surface area contributed by atoms with E-state index in [4.69, 9.17) is 4.99 Å². The molecular formula is C32H35N5O2. The van der Waals surface area contributed by atoms with Gasteiger partial charge in [0.25, 0.3) is 5.91 Å². The number of anilines is 1. The fourth-order valence-electron chi connectivity index (χ4n) is 5.70. The molecule has 7 nitrogen and oxygen atoms in total. The van der Waals surface area contributed by atoms with Crippen LogP contribution in [0.2, 0.25) is 0 Å². The molecule has 0 radical (unpaired) electrons. The molecule has 1 aliphatic heterocycles. The van der Waals surface area contributed by atoms with E-state index in [-0.39, 0.29) is 17.8 Å². The molecule has 4 aromatic rings. The van der Waals surface area contributed by atoms with Crippen LogP contribution in [0.3, 0.4) is 0 Å². The van der Waals surface area contributed by atoms with Gasteiger partial charge in [-0.1, -0.05) is 49.2 Å². The Kier molecular flexibility index (Phi) is 7.07. The SMILES string of the molecule is CN1CCN(c2ccc(N=C(c3ccccc3)c3c(O)[nH]c4cc(C(=O)NC5CCCC5)ccc34)cc2)CC1. The number of aromatic hydroxyl groups is 1. The molecule has 2 fully saturated rings. The van der Waals surface area contributed by atoms with Crippen molar-refractivity contribution in [3.63, 3.8) is 0 Å². The number of carbonyl (C=O) groups excluding carboxylic acids is 1. The second kappa shape index (κ2) is 10.9. The van der Waals surface area contributed by atoms with Gasteiger partial charge < -0.3 is 25.2 Å². The Morgan fingerprint density at radius 1 is 0.923 bits per heavy atom. The molecule has 0 bridgehead atoms. The van der Waals surface area contributed by atoms with Gasteiger partial charge in [0.05, 0.1) is 17.0 Å². The molecule has 1 aromatic heterocycles. The fraction of sp³-hybridized carbons (Fsp3) is 0.312. The molecule has 0 spiro atoms. The van der Waals surface area contributed by atoms with E-state index in [2.05, 4.69) is 39.3 Å². The molecule has 1 aliphatic carbocycles. The summed E-state index contributed by atoms with van der Waals surface area (Å²) < 4.78 is 0. The standard InChI is InChI=1S/C32H35N5O2/c1-36-17-19-37(20-18-36)26-14-12-25(13-15-26)33-30(22-7-3-2-4-8-22)29-27-16-11-23(21-28(27)35-32(29)39)31(38)34-24-9-5-6-10-24/h2-4,7-8,11-16,21,24,35,39H,5-6,9-10,17-20H2,1H3,(H,34,38). The average molecular weight is 522 g/mol. The summed E-state index contributed by atoms with van der Waals surface area (Å²) in [6, 6.07) is 24.0. The Balaban J connectivity index is 1.34. The lowest BCUT2D eigenvalue weighted by Crippen LogP contribution is -2.44. The number of hydrogen-bond acceptors (Lipinski definition) is 5. The lowest BCUT2D eigenvalue weighted by molar-refractivity contribution is 0.0938. The zero-order valence-corrected chi connectivity index (χ0v) is 22.4. The van der Waals surface area contributed by atoms with Gasteiger partial charge in [0.15, 0.2) is 5.88 Å². The van der Waals surface area contributed by atoms with Crippen molar-refractivity contribution in [3.8, 4) is 5.88 Å². The van der Waals surface area contributed by atoms with Crippen LogP contribution in [0.4, 0.5) is 11.4 Å². The van der Waals surface area contributed by atoms with E-state index in [9.17, 15) is 9.90 Å². The van der Waals surface area contributed by atoms with Crippen LogP contribution in [0.15, 0.2) is 77.8 Å². The van der Waals surface area contributed by atoms with Gasteiger partial charge in [-0.15, -0.1) is 0 Å². The van der Waals surface area contributed by atoms with E-state index in [1.807, 2.05) is 60.7 Å². The van der Waals surface area contributed by atoms with Gasteiger partial charge in [-0.05, 0) is 56.3 Å². The molecule has 2 aliphatic rings. The van der Waals surface area contributed by atoms with Crippen LogP contribution in [0.25, 0.3) is 10.9 Å². The van der Waals surface area contributed by atoms with Crippen molar-refractivity contribution in [2.24, 2.45) is 4.99 Å². The number of amides is 1. The number of carbonyl (C=O) groups is 1. The van der Waals surface area contributed by atoms with Crippen LogP contribution < -0.4 is 10.2 Å². The van der Waals surface area contributed by atoms with Crippen molar-refractivity contribution >= 4 is 33.9 Å². The molecule has 3 aromatic carbocycles. The number of aromatic nitrogens is 1. The predicted octanol–water partition coefficient (Wildman–Crippen LogP) is 5.47. The maximum atomic E-state index is 12.9. The summed E-state index contributed by atoms with van der Waals surface area (Å²) >= 11 is 0. The Bertz CT molecular complexity index is 1480. The number of hydrogen-bond donors (Lipinski definition) is 3. The maximum Gasteiger partial charge on any atom is 0.251 e. The minimum absolute atomic E-state index is 0.0370. The quantitative estimate of drug-likeness (QED) is 0.294. The molecular weight excluding hydrogens is 486 g/mol. The zero-order chi connectivity index (χ0) is 26.8. The van der Waals surface area contributed by atoms with Crippen molar-refractivity contribution < 1.29 is 9.90 Å². The average Bonchev–Trinajstić information content (AvgIpc) is 3.59. The molecule has 0 atom stereocenters. The van der Waals surface area contributed by atoms with Crippen molar-refractivity contribution in [2.45, 2.75) is 31.7 Å². The third-order valence-corrected chi connectivity index (χ3v) is 7.97. The highest BCUT2D eigenvalue weighted by Crippen LogP contribution is 2.33. The molecule has 6 rings (SSSR count). The first-order valence-electron chi connectivity index (χ1n) is 13.9. The van der Waals surface area contributed by atoms with Crippen LogP contribution in [-0.4, -0.2) is 65.9 Å². The number of aromatic amines is 1. The topological polar surface area (TPSA) is 84.0 Å². The summed E-state index contributed by atoms with van der Waals surface area (Å²) in [6.07, 6.45) is 4.40. The second-order valence-electron chi connectivity index (χ2n) is 10.7. The maximum absolute atomic E-state index is 12.9. The van der Waals surface area contributed by atoms with Gasteiger partial charge in [-0.2, -0.15) is 0 Å². The summed E-state index contributed by atoms with van der Waals surface area (Å²) in [7, 11) is 2.16. The number of nitrogens with one attached hydrogen (secondary N) is 2. The number of aliphatic imine (C=N–C) groups is 1. The minimum atomic E-state index is -0.0724. The molecule has 0 unspecified atom stereocenters. The Morgan fingerprint density at radius 2 is 1.64 bits per heavy atom. The van der Waals surface area contributed by atoms with Crippen molar-refractivity contribution in [2.75, 3.05) is 38.1 Å². The monoisotopic (exact) mass is 521 g/mol. The number of nitrogens with zero attached hydrogens (tertiary/aromatic N) is 3. The van der Waals surface area contributed by atoms with Gasteiger partial charge in [-0.3, -0.25) is 4.79 Å². The Morgan fingerprint density at radius 3 is 2.36 bits per heavy atom. The lowest BCUT2D eigenvalue weighted by Gasteiger charge is -2.34. The molecule has 39 heavy (non-hydrogen) atoms. The van der Waals surface area contributed by atoms with E-state index < -0.39 is 0 Å². The fourth-order valence-corrected chi connectivity index (χ4v) is 5.70. The molecule has 3 N–H and O–H groups in total. The number of rotatable bonds is 6. The van der Waals surface area contributed by atoms with Crippen molar-refractivity contribution in [1.29, 1.82) is 0 Å². The number of likely N-dealkylation sites (N-methyl/N-ethyl adjacent to an activating group) is 1. The summed E-state index contributed by atoms with van der Waals surface area (Å²) in [5.74, 6) is -0.0353. The summed E-state index contributed by atoms with van der Waals surface area (Å²) in [5.41, 5.74) is 5.50. The Hall–Kier alpha value is -4.10. The largest absolute Gasteiger partial charge is 0.494 e. The van der Waals surface area contributed by atoms with Gasteiger partial charge in [0.2, 0.25) is 0 Å². The van der Waals surface area contributed by atoms with E-state index in [0.717, 1.165) is 68.5 Å². The van der Waals surface area contributed by atoms with Crippen LogP contribution in [0.5, 0.6) is 5.88 Å². The molecule has 1 amide bonds. The van der Waals surface area contributed by atoms with Crippen LogP contribution >= 0.6 is 0 Å².